The number of carbonyl (C=O) groups excluding carboxylic acids is 1. The number of esters is 1. The molecule has 4 heterocycles. The van der Waals surface area contributed by atoms with Crippen LogP contribution in [0.4, 0.5) is 0 Å². The van der Waals surface area contributed by atoms with Crippen molar-refractivity contribution in [3.8, 4) is 0 Å². The summed E-state index contributed by atoms with van der Waals surface area (Å²) in [6.07, 6.45) is -0.232. The van der Waals surface area contributed by atoms with E-state index in [1.165, 1.54) is 0 Å². The van der Waals surface area contributed by atoms with E-state index >= 15 is 0 Å². The monoisotopic (exact) mass is 403 g/mol. The van der Waals surface area contributed by atoms with Gasteiger partial charge in [0.25, 0.3) is 0 Å². The topological polar surface area (TPSA) is 66.5 Å². The molecule has 7 nitrogen and oxygen atoms in total. The summed E-state index contributed by atoms with van der Waals surface area (Å²) < 4.78 is 30.0. The summed E-state index contributed by atoms with van der Waals surface area (Å²) in [7, 11) is 1.68. The second-order valence-corrected chi connectivity index (χ2v) is 8.61. The van der Waals surface area contributed by atoms with E-state index in [0.29, 0.717) is 31.2 Å². The molecule has 4 saturated heterocycles. The summed E-state index contributed by atoms with van der Waals surface area (Å²) in [5.41, 5.74) is -0.0593. The number of morpholine rings is 1. The molecule has 7 atom stereocenters. The molecule has 1 aliphatic carbocycles. The van der Waals surface area contributed by atoms with E-state index in [9.17, 15) is 4.79 Å². The van der Waals surface area contributed by atoms with E-state index in [0.717, 1.165) is 19.5 Å². The minimum atomic E-state index is -0.622. The van der Waals surface area contributed by atoms with Crippen LogP contribution < -0.4 is 0 Å². The van der Waals surface area contributed by atoms with Gasteiger partial charge in [-0.15, -0.1) is 0 Å². The van der Waals surface area contributed by atoms with Crippen LogP contribution in [0.5, 0.6) is 0 Å². The molecule has 4 aliphatic heterocycles. The molecule has 0 amide bonds. The Balaban J connectivity index is 1.46. The highest BCUT2D eigenvalue weighted by Crippen LogP contribution is 2.59. The summed E-state index contributed by atoms with van der Waals surface area (Å²) in [5, 5.41) is 0. The maximum atomic E-state index is 12.9. The normalized spacial score (nSPS) is 41.4. The third kappa shape index (κ3) is 3.20. The molecule has 1 aromatic rings. The first-order valence-corrected chi connectivity index (χ1v) is 10.5. The highest BCUT2D eigenvalue weighted by molar-refractivity contribution is 5.89. The first-order chi connectivity index (χ1) is 14.1. The molecule has 158 valence electrons. The number of ether oxygens (including phenoxy) is 5. The van der Waals surface area contributed by atoms with Gasteiger partial charge in [-0.05, 0) is 24.5 Å². The van der Waals surface area contributed by atoms with Crippen molar-refractivity contribution < 1.29 is 28.5 Å². The van der Waals surface area contributed by atoms with Gasteiger partial charge < -0.3 is 23.7 Å². The molecule has 29 heavy (non-hydrogen) atoms. The lowest BCUT2D eigenvalue weighted by molar-refractivity contribution is -0.410. The maximum Gasteiger partial charge on any atom is 0.338 e. The lowest BCUT2D eigenvalue weighted by Crippen LogP contribution is -2.68. The fraction of sp³-hybridized carbons (Fsp3) is 0.682. The van der Waals surface area contributed by atoms with E-state index in [4.69, 9.17) is 23.7 Å². The molecule has 6 rings (SSSR count). The smallest absolute Gasteiger partial charge is 0.338 e. The third-order valence-corrected chi connectivity index (χ3v) is 7.12. The van der Waals surface area contributed by atoms with Crippen LogP contribution in [0.3, 0.4) is 0 Å². The number of carbonyl (C=O) groups is 1. The molecule has 5 fully saturated rings. The van der Waals surface area contributed by atoms with Crippen LogP contribution in [-0.4, -0.2) is 75.1 Å². The Kier molecular flexibility index (Phi) is 5.12. The predicted molar refractivity (Wildman–Crippen MR) is 103 cm³/mol. The number of nitrogens with zero attached hydrogens (tertiary/aromatic N) is 1. The molecule has 0 aromatic heterocycles. The lowest BCUT2D eigenvalue weighted by atomic mass is 9.73. The fourth-order valence-electron chi connectivity index (χ4n) is 5.67. The van der Waals surface area contributed by atoms with E-state index in [-0.39, 0.29) is 36.5 Å². The molecule has 6 unspecified atom stereocenters. The maximum absolute atomic E-state index is 12.9. The Morgan fingerprint density at radius 3 is 2.72 bits per heavy atom. The van der Waals surface area contributed by atoms with Gasteiger partial charge in [-0.2, -0.15) is 0 Å². The summed E-state index contributed by atoms with van der Waals surface area (Å²) in [6.45, 7) is 5.97. The lowest BCUT2D eigenvalue weighted by Gasteiger charge is -2.56. The second-order valence-electron chi connectivity index (χ2n) is 8.61. The first-order valence-electron chi connectivity index (χ1n) is 10.5. The van der Waals surface area contributed by atoms with Crippen LogP contribution in [0.15, 0.2) is 30.3 Å². The average Bonchev–Trinajstić information content (AvgIpc) is 3.03. The molecule has 1 aromatic carbocycles. The Bertz CT molecular complexity index is 738. The zero-order valence-corrected chi connectivity index (χ0v) is 17.0. The van der Waals surface area contributed by atoms with Gasteiger partial charge in [-0.25, -0.2) is 4.79 Å². The third-order valence-electron chi connectivity index (χ3n) is 7.12. The van der Waals surface area contributed by atoms with Crippen molar-refractivity contribution in [2.24, 2.45) is 17.8 Å². The van der Waals surface area contributed by atoms with Gasteiger partial charge in [0.05, 0.1) is 18.8 Å². The minimum absolute atomic E-state index is 0.0314. The summed E-state index contributed by atoms with van der Waals surface area (Å²) in [4.78, 5) is 15.2. The minimum Gasteiger partial charge on any atom is -0.456 e. The van der Waals surface area contributed by atoms with Crippen molar-refractivity contribution in [3.05, 3.63) is 35.9 Å². The quantitative estimate of drug-likeness (QED) is 0.696. The van der Waals surface area contributed by atoms with Gasteiger partial charge >= 0.3 is 5.97 Å². The molecule has 1 saturated carbocycles. The highest BCUT2D eigenvalue weighted by atomic mass is 16.8. The number of rotatable bonds is 5. The van der Waals surface area contributed by atoms with E-state index in [1.54, 1.807) is 19.2 Å². The standard InChI is InChI=1S/C22H29NO6/c1-14-16-12-17(27-19(24)15-6-4-3-5-7-15)22(13-23-8-10-26-11-9-23)18(16)21(25-2)28-20(14)29-22/h3-7,14,16-18,20-21H,8-13H2,1-2H3/t14?,16?,17-,18?,20?,21?,22?/m1/s1. The zero-order valence-electron chi connectivity index (χ0n) is 17.0. The summed E-state index contributed by atoms with van der Waals surface area (Å²) >= 11 is 0. The predicted octanol–water partition coefficient (Wildman–Crippen LogP) is 1.91. The van der Waals surface area contributed by atoms with Crippen LogP contribution in [0.2, 0.25) is 0 Å². The van der Waals surface area contributed by atoms with Crippen LogP contribution >= 0.6 is 0 Å². The number of fused-ring (bicyclic) bond motifs is 1. The van der Waals surface area contributed by atoms with E-state index < -0.39 is 5.60 Å². The molecule has 5 aliphatic rings. The van der Waals surface area contributed by atoms with Crippen molar-refractivity contribution in [3.63, 3.8) is 0 Å². The summed E-state index contributed by atoms with van der Waals surface area (Å²) in [5.74, 6) is 0.308. The van der Waals surface area contributed by atoms with E-state index in [1.807, 2.05) is 18.2 Å². The Morgan fingerprint density at radius 2 is 2.00 bits per heavy atom. The number of hydrogen-bond donors (Lipinski definition) is 0. The van der Waals surface area contributed by atoms with Crippen molar-refractivity contribution >= 4 is 5.97 Å². The molecular weight excluding hydrogens is 374 g/mol. The molecule has 4 bridgehead atoms. The molecule has 0 spiro atoms. The van der Waals surface area contributed by atoms with Crippen LogP contribution in [0, 0.1) is 17.8 Å². The van der Waals surface area contributed by atoms with Gasteiger partial charge in [0, 0.05) is 38.6 Å². The Hall–Kier alpha value is -1.51. The number of benzene rings is 1. The summed E-state index contributed by atoms with van der Waals surface area (Å²) in [6, 6.07) is 9.16. The largest absolute Gasteiger partial charge is 0.456 e. The fourth-order valence-corrected chi connectivity index (χ4v) is 5.67. The number of methoxy groups -OCH3 is 1. The van der Waals surface area contributed by atoms with Crippen molar-refractivity contribution in [1.29, 1.82) is 0 Å². The van der Waals surface area contributed by atoms with Gasteiger partial charge in [0.2, 0.25) is 0 Å². The van der Waals surface area contributed by atoms with Gasteiger partial charge in [-0.3, -0.25) is 4.90 Å². The Morgan fingerprint density at radius 1 is 1.24 bits per heavy atom. The van der Waals surface area contributed by atoms with Crippen molar-refractivity contribution in [2.75, 3.05) is 40.0 Å². The molecule has 0 N–H and O–H groups in total. The van der Waals surface area contributed by atoms with Crippen molar-refractivity contribution in [1.82, 2.24) is 4.90 Å². The molecule has 7 heteroatoms. The zero-order chi connectivity index (χ0) is 20.0. The van der Waals surface area contributed by atoms with Crippen LogP contribution in [-0.2, 0) is 23.7 Å². The van der Waals surface area contributed by atoms with Gasteiger partial charge in [0.15, 0.2) is 12.6 Å². The van der Waals surface area contributed by atoms with E-state index in [2.05, 4.69) is 11.8 Å². The SMILES string of the molecule is COC1OC2OC3(CN4CCOCC4)C1C(C[C@H]3OC(=O)c1ccccc1)C2C. The van der Waals surface area contributed by atoms with Gasteiger partial charge in [-0.1, -0.05) is 25.1 Å². The number of hydrogen-bond acceptors (Lipinski definition) is 7. The molecule has 0 radical (unpaired) electrons. The van der Waals surface area contributed by atoms with Crippen LogP contribution in [0.1, 0.15) is 23.7 Å². The molecular formula is C22H29NO6. The van der Waals surface area contributed by atoms with Crippen LogP contribution in [0.25, 0.3) is 0 Å². The second kappa shape index (κ2) is 7.63. The Labute approximate surface area is 171 Å². The highest BCUT2D eigenvalue weighted by Gasteiger charge is 2.70. The first kappa shape index (κ1) is 19.5. The average molecular weight is 403 g/mol. The van der Waals surface area contributed by atoms with Gasteiger partial charge in [0.1, 0.15) is 11.7 Å². The van der Waals surface area contributed by atoms with Crippen molar-refractivity contribution in [2.45, 2.75) is 37.6 Å².